The van der Waals surface area contributed by atoms with E-state index in [1.54, 1.807) is 0 Å². The topological polar surface area (TPSA) is 41.6 Å². The van der Waals surface area contributed by atoms with Gasteiger partial charge in [0.25, 0.3) is 0 Å². The molecule has 1 aromatic carbocycles. The standard InChI is InChI=1S/C17H26N2O2/c1-4-21-16-8-6-5-7-15(16)18-17(20)12-19-10-13(2)9-14(3)11-19/h5-8,13-14H,4,9-12H2,1-3H3,(H,18,20)/t13-,14-/m1/s1. The highest BCUT2D eigenvalue weighted by atomic mass is 16.5. The first-order valence-corrected chi connectivity index (χ1v) is 7.82. The molecule has 0 saturated carbocycles. The number of rotatable bonds is 5. The third-order valence-corrected chi connectivity index (χ3v) is 3.77. The van der Waals surface area contributed by atoms with E-state index in [1.165, 1.54) is 6.42 Å². The molecule has 0 radical (unpaired) electrons. The SMILES string of the molecule is CCOc1ccccc1NC(=O)CN1C[C@H](C)C[C@@H](C)C1. The van der Waals surface area contributed by atoms with Gasteiger partial charge in [0, 0.05) is 13.1 Å². The minimum atomic E-state index is 0.0310. The van der Waals surface area contributed by atoms with Gasteiger partial charge in [-0.15, -0.1) is 0 Å². The lowest BCUT2D eigenvalue weighted by Gasteiger charge is -2.34. The molecule has 0 aliphatic carbocycles. The number of nitrogens with zero attached hydrogens (tertiary/aromatic N) is 1. The number of amides is 1. The highest BCUT2D eigenvalue weighted by Crippen LogP contribution is 2.24. The van der Waals surface area contributed by atoms with Gasteiger partial charge in [0.05, 0.1) is 18.8 Å². The van der Waals surface area contributed by atoms with Crippen LogP contribution in [-0.4, -0.2) is 37.0 Å². The van der Waals surface area contributed by atoms with Crippen LogP contribution in [0.2, 0.25) is 0 Å². The van der Waals surface area contributed by atoms with Crippen molar-refractivity contribution in [2.75, 3.05) is 31.6 Å². The highest BCUT2D eigenvalue weighted by Gasteiger charge is 2.23. The second-order valence-electron chi connectivity index (χ2n) is 6.12. The van der Waals surface area contributed by atoms with Gasteiger partial charge in [0.1, 0.15) is 5.75 Å². The maximum Gasteiger partial charge on any atom is 0.238 e. The maximum atomic E-state index is 12.2. The maximum absolute atomic E-state index is 12.2. The van der Waals surface area contributed by atoms with Crippen LogP contribution in [-0.2, 0) is 4.79 Å². The van der Waals surface area contributed by atoms with Crippen molar-refractivity contribution < 1.29 is 9.53 Å². The van der Waals surface area contributed by atoms with E-state index in [9.17, 15) is 4.79 Å². The van der Waals surface area contributed by atoms with Gasteiger partial charge in [-0.2, -0.15) is 0 Å². The van der Waals surface area contributed by atoms with Gasteiger partial charge >= 0.3 is 0 Å². The van der Waals surface area contributed by atoms with E-state index < -0.39 is 0 Å². The summed E-state index contributed by atoms with van der Waals surface area (Å²) >= 11 is 0. The molecule has 1 heterocycles. The first-order chi connectivity index (χ1) is 10.1. The van der Waals surface area contributed by atoms with Gasteiger partial charge < -0.3 is 10.1 Å². The van der Waals surface area contributed by atoms with Gasteiger partial charge in [0.15, 0.2) is 0 Å². The van der Waals surface area contributed by atoms with Gasteiger partial charge in [-0.3, -0.25) is 9.69 Å². The van der Waals surface area contributed by atoms with Crippen LogP contribution in [0.5, 0.6) is 5.75 Å². The van der Waals surface area contributed by atoms with Gasteiger partial charge in [-0.05, 0) is 37.3 Å². The molecule has 2 rings (SSSR count). The molecule has 21 heavy (non-hydrogen) atoms. The fourth-order valence-electron chi connectivity index (χ4n) is 3.17. The van der Waals surface area contributed by atoms with Crippen molar-refractivity contribution in [1.82, 2.24) is 4.90 Å². The molecule has 1 fully saturated rings. The minimum Gasteiger partial charge on any atom is -0.492 e. The molecule has 1 N–H and O–H groups in total. The zero-order valence-electron chi connectivity index (χ0n) is 13.3. The number of anilines is 1. The summed E-state index contributed by atoms with van der Waals surface area (Å²) in [7, 11) is 0. The highest BCUT2D eigenvalue weighted by molar-refractivity contribution is 5.93. The van der Waals surface area contributed by atoms with Gasteiger partial charge in [-0.1, -0.05) is 26.0 Å². The van der Waals surface area contributed by atoms with Crippen molar-refractivity contribution >= 4 is 11.6 Å². The normalized spacial score (nSPS) is 22.8. The number of ether oxygens (including phenoxy) is 1. The second-order valence-corrected chi connectivity index (χ2v) is 6.12. The summed E-state index contributed by atoms with van der Waals surface area (Å²) in [5, 5.41) is 2.97. The van der Waals surface area contributed by atoms with Crippen LogP contribution in [0.4, 0.5) is 5.69 Å². The Labute approximate surface area is 127 Å². The molecular weight excluding hydrogens is 264 g/mol. The lowest BCUT2D eigenvalue weighted by Crippen LogP contribution is -2.42. The van der Waals surface area contributed by atoms with Crippen LogP contribution in [0.3, 0.4) is 0 Å². The number of nitrogens with one attached hydrogen (secondary N) is 1. The molecule has 4 nitrogen and oxygen atoms in total. The summed E-state index contributed by atoms with van der Waals surface area (Å²) in [5.41, 5.74) is 0.752. The molecule has 1 aromatic rings. The van der Waals surface area contributed by atoms with Gasteiger partial charge in [0.2, 0.25) is 5.91 Å². The van der Waals surface area contributed by atoms with Crippen molar-refractivity contribution in [2.24, 2.45) is 11.8 Å². The van der Waals surface area contributed by atoms with Crippen LogP contribution >= 0.6 is 0 Å². The number of piperidine rings is 1. The number of carbonyl (C=O) groups is 1. The Morgan fingerprint density at radius 3 is 2.62 bits per heavy atom. The molecule has 0 bridgehead atoms. The molecule has 116 valence electrons. The van der Waals surface area contributed by atoms with Crippen LogP contribution < -0.4 is 10.1 Å². The number of hydrogen-bond acceptors (Lipinski definition) is 3. The van der Waals surface area contributed by atoms with Crippen LogP contribution in [0, 0.1) is 11.8 Å². The molecule has 0 aromatic heterocycles. The summed E-state index contributed by atoms with van der Waals surface area (Å²) in [6, 6.07) is 7.58. The van der Waals surface area contributed by atoms with Crippen molar-refractivity contribution in [2.45, 2.75) is 27.2 Å². The van der Waals surface area contributed by atoms with E-state index in [-0.39, 0.29) is 5.91 Å². The lowest BCUT2D eigenvalue weighted by atomic mass is 9.92. The Morgan fingerprint density at radius 2 is 1.95 bits per heavy atom. The zero-order valence-corrected chi connectivity index (χ0v) is 13.3. The molecule has 1 saturated heterocycles. The Bertz CT molecular complexity index is 466. The second kappa shape index (κ2) is 7.46. The predicted octanol–water partition coefficient (Wildman–Crippen LogP) is 3.00. The molecule has 2 atom stereocenters. The first kappa shape index (κ1) is 15.8. The summed E-state index contributed by atoms with van der Waals surface area (Å²) in [5.74, 6) is 2.09. The smallest absolute Gasteiger partial charge is 0.238 e. The van der Waals surface area contributed by atoms with Crippen molar-refractivity contribution in [3.63, 3.8) is 0 Å². The fraction of sp³-hybridized carbons (Fsp3) is 0.588. The van der Waals surface area contributed by atoms with Crippen LogP contribution in [0.15, 0.2) is 24.3 Å². The Morgan fingerprint density at radius 1 is 1.29 bits per heavy atom. The zero-order chi connectivity index (χ0) is 15.2. The largest absolute Gasteiger partial charge is 0.492 e. The summed E-state index contributed by atoms with van der Waals surface area (Å²) in [6.45, 7) is 9.50. The third-order valence-electron chi connectivity index (χ3n) is 3.77. The number of carbonyl (C=O) groups excluding carboxylic acids is 1. The molecule has 0 spiro atoms. The first-order valence-electron chi connectivity index (χ1n) is 7.82. The van der Waals surface area contributed by atoms with E-state index in [4.69, 9.17) is 4.74 Å². The average Bonchev–Trinajstić information content (AvgIpc) is 2.40. The van der Waals surface area contributed by atoms with E-state index in [0.717, 1.165) is 24.5 Å². The van der Waals surface area contributed by atoms with Crippen molar-refractivity contribution in [3.05, 3.63) is 24.3 Å². The number of likely N-dealkylation sites (tertiary alicyclic amines) is 1. The number of hydrogen-bond donors (Lipinski definition) is 1. The molecule has 1 aliphatic rings. The van der Waals surface area contributed by atoms with E-state index in [0.29, 0.717) is 25.0 Å². The molecule has 0 unspecified atom stereocenters. The summed E-state index contributed by atoms with van der Waals surface area (Å²) < 4.78 is 5.53. The van der Waals surface area contributed by atoms with E-state index in [1.807, 2.05) is 31.2 Å². The third kappa shape index (κ3) is 4.74. The van der Waals surface area contributed by atoms with E-state index in [2.05, 4.69) is 24.1 Å². The van der Waals surface area contributed by atoms with Crippen molar-refractivity contribution in [3.8, 4) is 5.75 Å². The summed E-state index contributed by atoms with van der Waals surface area (Å²) in [4.78, 5) is 14.5. The fourth-order valence-corrected chi connectivity index (χ4v) is 3.17. The number of para-hydroxylation sites is 2. The Balaban J connectivity index is 1.92. The minimum absolute atomic E-state index is 0.0310. The monoisotopic (exact) mass is 290 g/mol. The Kier molecular flexibility index (Phi) is 5.62. The van der Waals surface area contributed by atoms with Gasteiger partial charge in [-0.25, -0.2) is 0 Å². The molecule has 4 heteroatoms. The molecular formula is C17H26N2O2. The predicted molar refractivity (Wildman–Crippen MR) is 85.6 cm³/mol. The van der Waals surface area contributed by atoms with Crippen LogP contribution in [0.25, 0.3) is 0 Å². The quantitative estimate of drug-likeness (QED) is 0.906. The molecule has 1 amide bonds. The van der Waals surface area contributed by atoms with E-state index >= 15 is 0 Å². The molecule has 1 aliphatic heterocycles. The number of benzene rings is 1. The Hall–Kier alpha value is -1.55. The lowest BCUT2D eigenvalue weighted by molar-refractivity contribution is -0.117. The summed E-state index contributed by atoms with van der Waals surface area (Å²) in [6.07, 6.45) is 1.26. The van der Waals surface area contributed by atoms with Crippen molar-refractivity contribution in [1.29, 1.82) is 0 Å². The van der Waals surface area contributed by atoms with Crippen LogP contribution in [0.1, 0.15) is 27.2 Å². The average molecular weight is 290 g/mol.